The van der Waals surface area contributed by atoms with E-state index >= 15 is 0 Å². The second-order valence-corrected chi connectivity index (χ2v) is 7.42. The molecule has 2 aromatic carbocycles. The summed E-state index contributed by atoms with van der Waals surface area (Å²) in [6.07, 6.45) is 0.204. The summed E-state index contributed by atoms with van der Waals surface area (Å²) in [5.41, 5.74) is 4.62. The number of carbonyl (C=O) groups is 1. The Bertz CT molecular complexity index is 1070. The number of benzene rings is 2. The molecule has 2 heterocycles. The van der Waals surface area contributed by atoms with Crippen molar-refractivity contribution < 1.29 is 9.53 Å². The highest BCUT2D eigenvalue weighted by atomic mass is 32.1. The van der Waals surface area contributed by atoms with E-state index in [-0.39, 0.29) is 19.0 Å². The molecular weight excluding hydrogens is 358 g/mol. The Hall–Kier alpha value is -2.99. The third kappa shape index (κ3) is 3.61. The second-order valence-electron chi connectivity index (χ2n) is 6.31. The molecule has 4 rings (SSSR count). The van der Waals surface area contributed by atoms with Crippen LogP contribution in [0.5, 0.6) is 0 Å². The lowest BCUT2D eigenvalue weighted by Crippen LogP contribution is -2.09. The third-order valence-electron chi connectivity index (χ3n) is 4.46. The van der Waals surface area contributed by atoms with Crippen molar-refractivity contribution in [3.05, 3.63) is 76.6 Å². The molecule has 0 fully saturated rings. The minimum Gasteiger partial charge on any atom is -0.458 e. The van der Waals surface area contributed by atoms with Gasteiger partial charge in [0, 0.05) is 11.3 Å². The Morgan fingerprint density at radius 1 is 1.07 bits per heavy atom. The Morgan fingerprint density at radius 2 is 1.81 bits per heavy atom. The van der Waals surface area contributed by atoms with Crippen molar-refractivity contribution in [3.8, 4) is 5.69 Å². The molecule has 136 valence electrons. The van der Waals surface area contributed by atoms with Gasteiger partial charge in [-0.05, 0) is 38.1 Å². The highest BCUT2D eigenvalue weighted by molar-refractivity contribution is 7.18. The van der Waals surface area contributed by atoms with Crippen LogP contribution in [0.25, 0.3) is 15.9 Å². The largest absolute Gasteiger partial charge is 0.458 e. The Kier molecular flexibility index (Phi) is 4.73. The molecule has 0 N–H and O–H groups in total. The molecule has 0 aliphatic carbocycles. The van der Waals surface area contributed by atoms with Crippen LogP contribution in [0.4, 0.5) is 0 Å². The molecule has 5 nitrogen and oxygen atoms in total. The molecule has 27 heavy (non-hydrogen) atoms. The number of aromatic nitrogens is 3. The number of thiazole rings is 1. The first-order chi connectivity index (χ1) is 13.1. The maximum Gasteiger partial charge on any atom is 0.310 e. The van der Waals surface area contributed by atoms with Gasteiger partial charge in [0.1, 0.15) is 11.6 Å². The number of nitrogens with zero attached hydrogens (tertiary/aromatic N) is 3. The van der Waals surface area contributed by atoms with Gasteiger partial charge in [-0.15, -0.1) is 11.3 Å². The summed E-state index contributed by atoms with van der Waals surface area (Å²) in [6, 6.07) is 17.8. The highest BCUT2D eigenvalue weighted by Gasteiger charge is 2.17. The average Bonchev–Trinajstić information content (AvgIpc) is 3.23. The van der Waals surface area contributed by atoms with Crippen molar-refractivity contribution in [1.82, 2.24) is 14.8 Å². The number of fused-ring (bicyclic) bond motifs is 1. The molecule has 2 aromatic heterocycles. The normalized spacial score (nSPS) is 11.0. The van der Waals surface area contributed by atoms with Crippen molar-refractivity contribution in [1.29, 1.82) is 0 Å². The average molecular weight is 377 g/mol. The molecular formula is C21H19N3O2S. The number of aryl methyl sites for hydroxylation is 1. The van der Waals surface area contributed by atoms with Gasteiger partial charge in [0.05, 0.1) is 28.0 Å². The van der Waals surface area contributed by atoms with E-state index in [9.17, 15) is 4.79 Å². The summed E-state index contributed by atoms with van der Waals surface area (Å²) in [5, 5.41) is 5.38. The van der Waals surface area contributed by atoms with Crippen LogP contribution in [0.3, 0.4) is 0 Å². The van der Waals surface area contributed by atoms with Crippen molar-refractivity contribution in [2.75, 3.05) is 0 Å². The van der Waals surface area contributed by atoms with Gasteiger partial charge in [-0.25, -0.2) is 9.67 Å². The van der Waals surface area contributed by atoms with Gasteiger partial charge in [0.2, 0.25) is 0 Å². The SMILES string of the molecule is Cc1nn(-c2ccccc2)c(C)c1CC(=O)OCc1nc2ccccc2s1. The second kappa shape index (κ2) is 7.32. The van der Waals surface area contributed by atoms with Crippen LogP contribution < -0.4 is 0 Å². The fourth-order valence-corrected chi connectivity index (χ4v) is 3.95. The Morgan fingerprint density at radius 3 is 2.59 bits per heavy atom. The van der Waals surface area contributed by atoms with Crippen LogP contribution in [0.2, 0.25) is 0 Å². The zero-order valence-electron chi connectivity index (χ0n) is 15.2. The van der Waals surface area contributed by atoms with Gasteiger partial charge in [-0.1, -0.05) is 30.3 Å². The van der Waals surface area contributed by atoms with Gasteiger partial charge in [-0.3, -0.25) is 4.79 Å². The van der Waals surface area contributed by atoms with E-state index in [2.05, 4.69) is 10.1 Å². The summed E-state index contributed by atoms with van der Waals surface area (Å²) in [4.78, 5) is 16.9. The van der Waals surface area contributed by atoms with Crippen molar-refractivity contribution in [3.63, 3.8) is 0 Å². The van der Waals surface area contributed by atoms with Crippen LogP contribution in [0.15, 0.2) is 54.6 Å². The van der Waals surface area contributed by atoms with Crippen molar-refractivity contribution >= 4 is 27.5 Å². The van der Waals surface area contributed by atoms with Gasteiger partial charge >= 0.3 is 5.97 Å². The van der Waals surface area contributed by atoms with Crippen molar-refractivity contribution in [2.45, 2.75) is 26.9 Å². The summed E-state index contributed by atoms with van der Waals surface area (Å²) in [6.45, 7) is 4.09. The summed E-state index contributed by atoms with van der Waals surface area (Å²) >= 11 is 1.55. The molecule has 6 heteroatoms. The van der Waals surface area contributed by atoms with E-state index in [1.165, 1.54) is 0 Å². The fraction of sp³-hybridized carbons (Fsp3) is 0.190. The van der Waals surface area contributed by atoms with E-state index < -0.39 is 0 Å². The number of para-hydroxylation sites is 2. The van der Waals surface area contributed by atoms with Gasteiger partial charge in [-0.2, -0.15) is 5.10 Å². The topological polar surface area (TPSA) is 57.0 Å². The maximum atomic E-state index is 12.4. The number of carbonyl (C=O) groups excluding carboxylic acids is 1. The predicted octanol–water partition coefficient (Wildman–Crippen LogP) is 4.38. The molecule has 0 radical (unpaired) electrons. The Balaban J connectivity index is 1.46. The van der Waals surface area contributed by atoms with Crippen molar-refractivity contribution in [2.24, 2.45) is 0 Å². The van der Waals surface area contributed by atoms with Crippen LogP contribution in [-0.2, 0) is 22.6 Å². The van der Waals surface area contributed by atoms with Gasteiger partial charge in [0.25, 0.3) is 0 Å². The van der Waals surface area contributed by atoms with E-state index in [4.69, 9.17) is 4.74 Å². The van der Waals surface area contributed by atoms with Crippen LogP contribution in [0.1, 0.15) is 22.0 Å². The molecule has 0 unspecified atom stereocenters. The first kappa shape index (κ1) is 17.4. The van der Waals surface area contributed by atoms with Crippen LogP contribution in [0, 0.1) is 13.8 Å². The smallest absolute Gasteiger partial charge is 0.310 e. The molecule has 0 aliphatic rings. The molecule has 0 saturated carbocycles. The molecule has 0 spiro atoms. The summed E-state index contributed by atoms with van der Waals surface area (Å²) in [5.74, 6) is -0.270. The van der Waals surface area contributed by atoms with Crippen LogP contribution >= 0.6 is 11.3 Å². The molecule has 0 saturated heterocycles. The standard InChI is InChI=1S/C21H19N3O2S/c1-14-17(15(2)24(23-14)16-8-4-3-5-9-16)12-21(25)26-13-20-22-18-10-6-7-11-19(18)27-20/h3-11H,12-13H2,1-2H3. The van der Waals surface area contributed by atoms with E-state index in [1.807, 2.05) is 73.1 Å². The minimum atomic E-state index is -0.270. The lowest BCUT2D eigenvalue weighted by molar-refractivity contribution is -0.144. The van der Waals surface area contributed by atoms with E-state index in [0.717, 1.165) is 37.9 Å². The first-order valence-electron chi connectivity index (χ1n) is 8.72. The maximum absolute atomic E-state index is 12.4. The number of hydrogen-bond acceptors (Lipinski definition) is 5. The predicted molar refractivity (Wildman–Crippen MR) is 106 cm³/mol. The third-order valence-corrected chi connectivity index (χ3v) is 5.47. The molecule has 4 aromatic rings. The first-order valence-corrected chi connectivity index (χ1v) is 9.54. The lowest BCUT2D eigenvalue weighted by Gasteiger charge is -2.05. The fourth-order valence-electron chi connectivity index (χ4n) is 3.07. The monoisotopic (exact) mass is 377 g/mol. The molecule has 0 bridgehead atoms. The molecule has 0 aliphatic heterocycles. The van der Waals surface area contributed by atoms with Gasteiger partial charge in [0.15, 0.2) is 0 Å². The number of rotatable bonds is 5. The summed E-state index contributed by atoms with van der Waals surface area (Å²) < 4.78 is 8.42. The number of ether oxygens (including phenoxy) is 1. The zero-order chi connectivity index (χ0) is 18.8. The van der Waals surface area contributed by atoms with E-state index in [0.29, 0.717) is 0 Å². The van der Waals surface area contributed by atoms with Gasteiger partial charge < -0.3 is 4.74 Å². The number of hydrogen-bond donors (Lipinski definition) is 0. The Labute approximate surface area is 161 Å². The summed E-state index contributed by atoms with van der Waals surface area (Å²) in [7, 11) is 0. The lowest BCUT2D eigenvalue weighted by atomic mass is 10.1. The highest BCUT2D eigenvalue weighted by Crippen LogP contribution is 2.23. The quantitative estimate of drug-likeness (QED) is 0.484. The number of esters is 1. The minimum absolute atomic E-state index is 0.198. The van der Waals surface area contributed by atoms with E-state index in [1.54, 1.807) is 11.3 Å². The molecule has 0 atom stereocenters. The van der Waals surface area contributed by atoms with Crippen LogP contribution in [-0.4, -0.2) is 20.7 Å². The zero-order valence-corrected chi connectivity index (χ0v) is 16.0. The molecule has 0 amide bonds.